The van der Waals surface area contributed by atoms with Gasteiger partial charge in [-0.3, -0.25) is 4.68 Å². The lowest BCUT2D eigenvalue weighted by atomic mass is 10.1. The highest BCUT2D eigenvalue weighted by Crippen LogP contribution is 2.19. The summed E-state index contributed by atoms with van der Waals surface area (Å²) < 4.78 is 7.60. The predicted octanol–water partition coefficient (Wildman–Crippen LogP) is 2.02. The molecular formula is C12H23N3O. The van der Waals surface area contributed by atoms with Crippen molar-refractivity contribution in [3.63, 3.8) is 0 Å². The fourth-order valence-corrected chi connectivity index (χ4v) is 1.70. The summed E-state index contributed by atoms with van der Waals surface area (Å²) in [5, 5.41) is 4.15. The molecule has 1 aromatic heterocycles. The molecule has 0 saturated heterocycles. The Labute approximate surface area is 97.8 Å². The summed E-state index contributed by atoms with van der Waals surface area (Å²) in [6.45, 7) is 4.93. The monoisotopic (exact) mass is 225 g/mol. The molecule has 2 atom stereocenters. The molecular weight excluding hydrogens is 202 g/mol. The van der Waals surface area contributed by atoms with E-state index in [4.69, 9.17) is 10.5 Å². The molecule has 0 saturated carbocycles. The molecule has 0 spiro atoms. The highest BCUT2D eigenvalue weighted by atomic mass is 16.5. The summed E-state index contributed by atoms with van der Waals surface area (Å²) in [4.78, 5) is 0. The lowest BCUT2D eigenvalue weighted by molar-refractivity contribution is 0.0360. The van der Waals surface area contributed by atoms with Gasteiger partial charge in [-0.1, -0.05) is 19.8 Å². The van der Waals surface area contributed by atoms with E-state index in [9.17, 15) is 0 Å². The number of aromatic nitrogens is 2. The van der Waals surface area contributed by atoms with Crippen LogP contribution in [0.2, 0.25) is 0 Å². The Balaban J connectivity index is 2.48. The van der Waals surface area contributed by atoms with Gasteiger partial charge in [-0.25, -0.2) is 0 Å². The third-order valence-corrected chi connectivity index (χ3v) is 2.58. The van der Waals surface area contributed by atoms with Crippen molar-refractivity contribution in [2.45, 2.75) is 45.3 Å². The van der Waals surface area contributed by atoms with Gasteiger partial charge in [-0.15, -0.1) is 0 Å². The van der Waals surface area contributed by atoms with Gasteiger partial charge < -0.3 is 10.5 Å². The molecule has 0 amide bonds. The van der Waals surface area contributed by atoms with Crippen LogP contribution in [0.15, 0.2) is 12.4 Å². The molecule has 0 aliphatic carbocycles. The topological polar surface area (TPSA) is 53.1 Å². The second-order valence-electron chi connectivity index (χ2n) is 4.30. The van der Waals surface area contributed by atoms with Gasteiger partial charge in [0.25, 0.3) is 0 Å². The van der Waals surface area contributed by atoms with Gasteiger partial charge in [0.2, 0.25) is 0 Å². The maximum Gasteiger partial charge on any atom is 0.100 e. The van der Waals surface area contributed by atoms with Crippen LogP contribution in [0.25, 0.3) is 0 Å². The molecule has 1 heterocycles. The molecule has 2 N–H and O–H groups in total. The second kappa shape index (κ2) is 6.66. The van der Waals surface area contributed by atoms with E-state index in [-0.39, 0.29) is 12.1 Å². The molecule has 0 aliphatic rings. The highest BCUT2D eigenvalue weighted by molar-refractivity contribution is 5.10. The Morgan fingerprint density at radius 3 is 2.75 bits per heavy atom. The van der Waals surface area contributed by atoms with Gasteiger partial charge >= 0.3 is 0 Å². The molecule has 4 heteroatoms. The third-order valence-electron chi connectivity index (χ3n) is 2.58. The molecule has 0 radical (unpaired) electrons. The maximum atomic E-state index is 5.93. The number of nitrogens with two attached hydrogens (primary N) is 1. The lowest BCUT2D eigenvalue weighted by Gasteiger charge is -2.20. The zero-order valence-electron chi connectivity index (χ0n) is 10.5. The average molecular weight is 225 g/mol. The van der Waals surface area contributed by atoms with Crippen molar-refractivity contribution in [3.8, 4) is 0 Å². The van der Waals surface area contributed by atoms with E-state index in [0.717, 1.165) is 18.6 Å². The average Bonchev–Trinajstić information content (AvgIpc) is 2.64. The Hall–Kier alpha value is -0.870. The van der Waals surface area contributed by atoms with Gasteiger partial charge in [0.1, 0.15) is 6.10 Å². The smallest absolute Gasteiger partial charge is 0.100 e. The van der Waals surface area contributed by atoms with E-state index >= 15 is 0 Å². The summed E-state index contributed by atoms with van der Waals surface area (Å²) >= 11 is 0. The number of ether oxygens (including phenoxy) is 1. The SMILES string of the molecule is CCCCCOC(c1cnn(C)c1)C(C)N. The van der Waals surface area contributed by atoms with Gasteiger partial charge in [-0.2, -0.15) is 5.10 Å². The zero-order valence-corrected chi connectivity index (χ0v) is 10.5. The Morgan fingerprint density at radius 2 is 2.25 bits per heavy atom. The number of hydrogen-bond acceptors (Lipinski definition) is 3. The van der Waals surface area contributed by atoms with Crippen LogP contribution in [0, 0.1) is 0 Å². The minimum absolute atomic E-state index is 0.00849. The first-order valence-corrected chi connectivity index (χ1v) is 6.01. The van der Waals surface area contributed by atoms with Crippen molar-refractivity contribution in [1.82, 2.24) is 9.78 Å². The minimum Gasteiger partial charge on any atom is -0.372 e. The molecule has 2 unspecified atom stereocenters. The summed E-state index contributed by atoms with van der Waals surface area (Å²) in [6.07, 6.45) is 7.27. The molecule has 0 aromatic carbocycles. The van der Waals surface area contributed by atoms with Gasteiger partial charge in [-0.05, 0) is 13.3 Å². The van der Waals surface area contributed by atoms with Crippen molar-refractivity contribution in [1.29, 1.82) is 0 Å². The minimum atomic E-state index is -0.0365. The van der Waals surface area contributed by atoms with Crippen molar-refractivity contribution in [3.05, 3.63) is 18.0 Å². The van der Waals surface area contributed by atoms with Crippen LogP contribution in [-0.2, 0) is 11.8 Å². The molecule has 0 bridgehead atoms. The molecule has 1 aromatic rings. The molecule has 4 nitrogen and oxygen atoms in total. The van der Waals surface area contributed by atoms with E-state index in [1.807, 2.05) is 26.4 Å². The van der Waals surface area contributed by atoms with E-state index in [2.05, 4.69) is 12.0 Å². The van der Waals surface area contributed by atoms with Gasteiger partial charge in [0, 0.05) is 31.5 Å². The normalized spacial score (nSPS) is 15.0. The van der Waals surface area contributed by atoms with E-state index in [1.165, 1.54) is 12.8 Å². The fourth-order valence-electron chi connectivity index (χ4n) is 1.70. The molecule has 16 heavy (non-hydrogen) atoms. The molecule has 1 rings (SSSR count). The van der Waals surface area contributed by atoms with Crippen LogP contribution in [0.4, 0.5) is 0 Å². The van der Waals surface area contributed by atoms with E-state index < -0.39 is 0 Å². The van der Waals surface area contributed by atoms with Crippen molar-refractivity contribution >= 4 is 0 Å². The predicted molar refractivity (Wildman–Crippen MR) is 65.1 cm³/mol. The number of nitrogens with zero attached hydrogens (tertiary/aromatic N) is 2. The van der Waals surface area contributed by atoms with Crippen molar-refractivity contribution < 1.29 is 4.74 Å². The first-order chi connectivity index (χ1) is 7.65. The summed E-state index contributed by atoms with van der Waals surface area (Å²) in [5.74, 6) is 0. The molecule has 92 valence electrons. The zero-order chi connectivity index (χ0) is 12.0. The quantitative estimate of drug-likeness (QED) is 0.722. The van der Waals surface area contributed by atoms with Crippen molar-refractivity contribution in [2.75, 3.05) is 6.61 Å². The summed E-state index contributed by atoms with van der Waals surface area (Å²) in [7, 11) is 1.90. The number of aryl methyl sites for hydroxylation is 1. The van der Waals surface area contributed by atoms with Crippen LogP contribution in [0.5, 0.6) is 0 Å². The Bertz CT molecular complexity index is 296. The number of hydrogen-bond donors (Lipinski definition) is 1. The summed E-state index contributed by atoms with van der Waals surface area (Å²) in [6, 6.07) is -0.00849. The van der Waals surface area contributed by atoms with E-state index in [0.29, 0.717) is 0 Å². The van der Waals surface area contributed by atoms with Crippen LogP contribution in [0.1, 0.15) is 44.8 Å². The van der Waals surface area contributed by atoms with Crippen LogP contribution in [-0.4, -0.2) is 22.4 Å². The highest BCUT2D eigenvalue weighted by Gasteiger charge is 2.18. The molecule has 0 aliphatic heterocycles. The second-order valence-corrected chi connectivity index (χ2v) is 4.30. The Morgan fingerprint density at radius 1 is 1.50 bits per heavy atom. The number of rotatable bonds is 7. The Kier molecular flexibility index (Phi) is 5.49. The summed E-state index contributed by atoms with van der Waals surface area (Å²) in [5.41, 5.74) is 6.99. The van der Waals surface area contributed by atoms with Crippen LogP contribution >= 0.6 is 0 Å². The van der Waals surface area contributed by atoms with Gasteiger partial charge in [0.05, 0.1) is 6.20 Å². The van der Waals surface area contributed by atoms with Gasteiger partial charge in [0.15, 0.2) is 0 Å². The maximum absolute atomic E-state index is 5.93. The van der Waals surface area contributed by atoms with Crippen LogP contribution < -0.4 is 5.73 Å². The third kappa shape index (κ3) is 3.94. The lowest BCUT2D eigenvalue weighted by Crippen LogP contribution is -2.27. The first-order valence-electron chi connectivity index (χ1n) is 6.01. The molecule has 0 fully saturated rings. The standard InChI is InChI=1S/C12H23N3O/c1-4-5-6-7-16-12(10(2)13)11-8-14-15(3)9-11/h8-10,12H,4-7,13H2,1-3H3. The van der Waals surface area contributed by atoms with Crippen LogP contribution in [0.3, 0.4) is 0 Å². The first kappa shape index (κ1) is 13.2. The van der Waals surface area contributed by atoms with Crippen molar-refractivity contribution in [2.24, 2.45) is 12.8 Å². The largest absolute Gasteiger partial charge is 0.372 e. The van der Waals surface area contributed by atoms with E-state index in [1.54, 1.807) is 4.68 Å². The fraction of sp³-hybridized carbons (Fsp3) is 0.750. The number of unbranched alkanes of at least 4 members (excludes halogenated alkanes) is 2.